The van der Waals surface area contributed by atoms with Crippen LogP contribution in [0.15, 0.2) is 39.9 Å². The van der Waals surface area contributed by atoms with Crippen LogP contribution in [0, 0.1) is 0 Å². The number of ketones is 1. The molecule has 8 nitrogen and oxygen atoms in total. The number of aromatic nitrogens is 2. The molecule has 8 heteroatoms. The van der Waals surface area contributed by atoms with Crippen LogP contribution in [0.4, 0.5) is 5.82 Å². The van der Waals surface area contributed by atoms with Crippen molar-refractivity contribution in [3.63, 3.8) is 0 Å². The van der Waals surface area contributed by atoms with Gasteiger partial charge in [-0.1, -0.05) is 30.3 Å². The fourth-order valence-electron chi connectivity index (χ4n) is 2.63. The van der Waals surface area contributed by atoms with Gasteiger partial charge in [0.05, 0.1) is 20.2 Å². The molecule has 0 atom stereocenters. The number of rotatable bonds is 4. The van der Waals surface area contributed by atoms with Gasteiger partial charge in [-0.2, -0.15) is 0 Å². The number of benzene rings is 1. The van der Waals surface area contributed by atoms with Gasteiger partial charge in [0.15, 0.2) is 5.78 Å². The maximum atomic E-state index is 12.7. The molecule has 1 aliphatic rings. The van der Waals surface area contributed by atoms with Crippen molar-refractivity contribution < 1.29 is 14.3 Å². The van der Waals surface area contributed by atoms with E-state index in [1.165, 1.54) is 4.57 Å². The summed E-state index contributed by atoms with van der Waals surface area (Å²) in [6.07, 6.45) is 0. The molecule has 124 valence electrons. The number of Topliss-reactive ketones (excluding diaryl/α,β-unsaturated/α-hetero) is 1. The van der Waals surface area contributed by atoms with E-state index in [1.807, 2.05) is 30.3 Å². The number of carbonyl (C=O) groups excluding carboxylic acids is 2. The molecule has 0 spiro atoms. The number of hydrogen-bond acceptors (Lipinski definition) is 6. The van der Waals surface area contributed by atoms with Crippen LogP contribution in [-0.4, -0.2) is 34.5 Å². The Balaban J connectivity index is 2.19. The lowest BCUT2D eigenvalue weighted by Crippen LogP contribution is -2.44. The Morgan fingerprint density at radius 3 is 2.54 bits per heavy atom. The number of nitrogens with one attached hydrogen (secondary N) is 1. The highest BCUT2D eigenvalue weighted by Gasteiger charge is 2.29. The van der Waals surface area contributed by atoms with Crippen molar-refractivity contribution in [2.45, 2.75) is 13.1 Å². The molecule has 0 fully saturated rings. The Bertz CT molecular complexity index is 927. The number of esters is 1. The Morgan fingerprint density at radius 2 is 1.88 bits per heavy atom. The molecule has 3 rings (SSSR count). The highest BCUT2D eigenvalue weighted by atomic mass is 16.5. The predicted octanol–water partition coefficient (Wildman–Crippen LogP) is -0.161. The summed E-state index contributed by atoms with van der Waals surface area (Å²) < 4.78 is 6.55. The maximum absolute atomic E-state index is 12.7. The lowest BCUT2D eigenvalue weighted by atomic mass is 10.2. The third-order valence-corrected chi connectivity index (χ3v) is 3.82. The lowest BCUT2D eigenvalue weighted by Gasteiger charge is -2.14. The van der Waals surface area contributed by atoms with E-state index in [4.69, 9.17) is 0 Å². The van der Waals surface area contributed by atoms with Gasteiger partial charge in [-0.25, -0.2) is 9.36 Å². The summed E-state index contributed by atoms with van der Waals surface area (Å²) in [5.74, 6) is -0.950. The van der Waals surface area contributed by atoms with Crippen molar-refractivity contribution >= 4 is 17.6 Å². The van der Waals surface area contributed by atoms with Crippen LogP contribution in [0.25, 0.3) is 0 Å². The minimum atomic E-state index is -0.778. The van der Waals surface area contributed by atoms with Crippen molar-refractivity contribution in [1.29, 1.82) is 0 Å². The van der Waals surface area contributed by atoms with E-state index in [0.717, 1.165) is 17.2 Å². The van der Waals surface area contributed by atoms with Gasteiger partial charge in [0.2, 0.25) is 0 Å². The summed E-state index contributed by atoms with van der Waals surface area (Å²) >= 11 is 0. The van der Waals surface area contributed by atoms with Gasteiger partial charge < -0.3 is 10.1 Å². The first-order chi connectivity index (χ1) is 11.5. The molecule has 0 bridgehead atoms. The number of carbonyl (C=O) groups is 2. The maximum Gasteiger partial charge on any atom is 0.333 e. The van der Waals surface area contributed by atoms with E-state index in [-0.39, 0.29) is 24.5 Å². The molecule has 0 saturated carbocycles. The SMILES string of the molecule is COC(=O)Cn1c(=O)c2c(n(Cc3ccccc3)c1=O)NCC2=O. The smallest absolute Gasteiger partial charge is 0.333 e. The van der Waals surface area contributed by atoms with E-state index in [9.17, 15) is 19.2 Å². The van der Waals surface area contributed by atoms with Crippen LogP contribution in [0.1, 0.15) is 15.9 Å². The summed E-state index contributed by atoms with van der Waals surface area (Å²) in [5, 5.41) is 2.80. The largest absolute Gasteiger partial charge is 0.468 e. The minimum Gasteiger partial charge on any atom is -0.468 e. The molecule has 1 aliphatic heterocycles. The van der Waals surface area contributed by atoms with Crippen LogP contribution in [0.3, 0.4) is 0 Å². The topological polar surface area (TPSA) is 99.4 Å². The average Bonchev–Trinajstić information content (AvgIpc) is 2.98. The molecule has 1 aromatic heterocycles. The zero-order chi connectivity index (χ0) is 17.3. The summed E-state index contributed by atoms with van der Waals surface area (Å²) in [6.45, 7) is -0.422. The van der Waals surface area contributed by atoms with E-state index < -0.39 is 29.5 Å². The molecule has 1 N–H and O–H groups in total. The third-order valence-electron chi connectivity index (χ3n) is 3.82. The first kappa shape index (κ1) is 15.7. The summed E-state index contributed by atoms with van der Waals surface area (Å²) in [7, 11) is 1.16. The number of methoxy groups -OCH3 is 1. The molecular formula is C16H15N3O5. The zero-order valence-electron chi connectivity index (χ0n) is 12.9. The number of hydrogen-bond donors (Lipinski definition) is 1. The second-order valence-electron chi connectivity index (χ2n) is 5.32. The van der Waals surface area contributed by atoms with Crippen LogP contribution >= 0.6 is 0 Å². The molecule has 2 aromatic rings. The monoisotopic (exact) mass is 329 g/mol. The van der Waals surface area contributed by atoms with Crippen molar-refractivity contribution in [1.82, 2.24) is 9.13 Å². The molecule has 0 amide bonds. The van der Waals surface area contributed by atoms with Gasteiger partial charge in [-0.3, -0.25) is 19.0 Å². The molecule has 1 aromatic carbocycles. The van der Waals surface area contributed by atoms with E-state index in [0.29, 0.717) is 0 Å². The second kappa shape index (κ2) is 6.15. The van der Waals surface area contributed by atoms with Crippen LogP contribution in [0.5, 0.6) is 0 Å². The average molecular weight is 329 g/mol. The van der Waals surface area contributed by atoms with Crippen LogP contribution < -0.4 is 16.6 Å². The second-order valence-corrected chi connectivity index (χ2v) is 5.32. The van der Waals surface area contributed by atoms with Crippen LogP contribution in [-0.2, 0) is 22.6 Å². The highest BCUT2D eigenvalue weighted by molar-refractivity contribution is 6.06. The zero-order valence-corrected chi connectivity index (χ0v) is 12.9. The van der Waals surface area contributed by atoms with Gasteiger partial charge in [0.25, 0.3) is 5.56 Å². The van der Waals surface area contributed by atoms with Crippen molar-refractivity contribution in [3.05, 3.63) is 62.3 Å². The Hall–Kier alpha value is -3.16. The van der Waals surface area contributed by atoms with E-state index in [1.54, 1.807) is 0 Å². The highest BCUT2D eigenvalue weighted by Crippen LogP contribution is 2.18. The fraction of sp³-hybridized carbons (Fsp3) is 0.250. The number of ether oxygens (including phenoxy) is 1. The van der Waals surface area contributed by atoms with Gasteiger partial charge in [0.1, 0.15) is 17.9 Å². The molecule has 0 radical (unpaired) electrons. The predicted molar refractivity (Wildman–Crippen MR) is 85.3 cm³/mol. The molecule has 24 heavy (non-hydrogen) atoms. The first-order valence-electron chi connectivity index (χ1n) is 7.28. The third kappa shape index (κ3) is 2.62. The Kier molecular flexibility index (Phi) is 4.03. The summed E-state index contributed by atoms with van der Waals surface area (Å²) in [4.78, 5) is 48.6. The molecule has 0 unspecified atom stereocenters. The lowest BCUT2D eigenvalue weighted by molar-refractivity contribution is -0.141. The minimum absolute atomic E-state index is 0.0545. The first-order valence-corrected chi connectivity index (χ1v) is 7.28. The van der Waals surface area contributed by atoms with Gasteiger partial charge in [-0.05, 0) is 5.56 Å². The summed E-state index contributed by atoms with van der Waals surface area (Å²) in [6, 6.07) is 9.14. The Labute approximate surface area is 136 Å². The molecule has 2 heterocycles. The van der Waals surface area contributed by atoms with E-state index in [2.05, 4.69) is 10.1 Å². The van der Waals surface area contributed by atoms with E-state index >= 15 is 0 Å². The normalized spacial score (nSPS) is 12.6. The molecule has 0 saturated heterocycles. The Morgan fingerprint density at radius 1 is 1.17 bits per heavy atom. The summed E-state index contributed by atoms with van der Waals surface area (Å²) in [5.41, 5.74) is -0.726. The quantitative estimate of drug-likeness (QED) is 0.783. The molecule has 0 aliphatic carbocycles. The van der Waals surface area contributed by atoms with Crippen molar-refractivity contribution in [2.24, 2.45) is 0 Å². The van der Waals surface area contributed by atoms with Crippen molar-refractivity contribution in [2.75, 3.05) is 19.0 Å². The number of anilines is 1. The molecular weight excluding hydrogens is 314 g/mol. The number of fused-ring (bicyclic) bond motifs is 1. The standard InChI is InChI=1S/C16H15N3O5/c1-24-12(21)9-19-15(22)13-11(20)7-17-14(13)18(16(19)23)8-10-5-3-2-4-6-10/h2-6,17H,7-9H2,1H3. The van der Waals surface area contributed by atoms with Crippen LogP contribution in [0.2, 0.25) is 0 Å². The van der Waals surface area contributed by atoms with Gasteiger partial charge in [-0.15, -0.1) is 0 Å². The van der Waals surface area contributed by atoms with Gasteiger partial charge >= 0.3 is 11.7 Å². The number of nitrogens with zero attached hydrogens (tertiary/aromatic N) is 2. The fourth-order valence-corrected chi connectivity index (χ4v) is 2.63. The van der Waals surface area contributed by atoms with Crippen molar-refractivity contribution in [3.8, 4) is 0 Å². The van der Waals surface area contributed by atoms with Gasteiger partial charge in [0, 0.05) is 0 Å².